The zero-order valence-corrected chi connectivity index (χ0v) is 19.8. The van der Waals surface area contributed by atoms with Gasteiger partial charge in [0.2, 0.25) is 0 Å². The van der Waals surface area contributed by atoms with E-state index in [1.165, 1.54) is 13.2 Å². The molecule has 1 unspecified atom stereocenters. The van der Waals surface area contributed by atoms with Gasteiger partial charge in [-0.05, 0) is 0 Å². The van der Waals surface area contributed by atoms with Gasteiger partial charge in [0.25, 0.3) is 0 Å². The molecule has 154 valence electrons. The van der Waals surface area contributed by atoms with Crippen molar-refractivity contribution in [2.24, 2.45) is 0 Å². The first kappa shape index (κ1) is 21.4. The fraction of sp³-hybridized carbons (Fsp3) is 0.0741. The Kier molecular flexibility index (Phi) is 6.59. The van der Waals surface area contributed by atoms with Crippen molar-refractivity contribution in [3.63, 3.8) is 0 Å². The molecule has 0 aromatic heterocycles. The standard InChI is InChI=1S/C27H23ClGeO2/c28-22-18-16-21(17-19-22)26(20-27(30)31)29(23-10-4-1-5-11-23,24-12-6-2-7-13-24)25-14-8-3-9-15-25/h1-19,26H,20H2,(H,30,31). The molecule has 0 spiro atoms. The second-order valence-electron chi connectivity index (χ2n) is 7.61. The predicted octanol–water partition coefficient (Wildman–Crippen LogP) is 4.61. The van der Waals surface area contributed by atoms with Crippen LogP contribution in [0, 0.1) is 0 Å². The molecule has 0 aliphatic heterocycles. The third-order valence-electron chi connectivity index (χ3n) is 5.86. The van der Waals surface area contributed by atoms with Gasteiger partial charge in [0.15, 0.2) is 0 Å². The molecule has 1 N–H and O–H groups in total. The number of aliphatic carboxylic acids is 1. The van der Waals surface area contributed by atoms with Crippen LogP contribution in [0.3, 0.4) is 0 Å². The average molecular weight is 488 g/mol. The van der Waals surface area contributed by atoms with Crippen LogP contribution in [0.4, 0.5) is 0 Å². The number of benzene rings is 4. The Morgan fingerprint density at radius 2 is 1.06 bits per heavy atom. The molecule has 4 aromatic rings. The number of carbonyl (C=O) groups is 1. The molecule has 0 saturated carbocycles. The monoisotopic (exact) mass is 488 g/mol. The Hall–Kier alpha value is -2.82. The third kappa shape index (κ3) is 4.32. The summed E-state index contributed by atoms with van der Waals surface area (Å²) in [7, 11) is 0. The molecular weight excluding hydrogens is 464 g/mol. The van der Waals surface area contributed by atoms with Gasteiger partial charge in [-0.1, -0.05) is 0 Å². The molecular formula is C27H23ClGeO2. The van der Waals surface area contributed by atoms with E-state index in [2.05, 4.69) is 72.8 Å². The minimum absolute atomic E-state index is 0.0559. The van der Waals surface area contributed by atoms with Crippen molar-refractivity contribution in [2.45, 2.75) is 11.2 Å². The Morgan fingerprint density at radius 3 is 1.42 bits per heavy atom. The summed E-state index contributed by atoms with van der Waals surface area (Å²) in [5.74, 6) is -0.794. The SMILES string of the molecule is O=C(O)C[CH](c1ccc(Cl)cc1)[Ge]([c]1ccccc1)([c]1ccccc1)[c]1ccccc1. The van der Waals surface area contributed by atoms with Crippen molar-refractivity contribution in [3.05, 3.63) is 126 Å². The van der Waals surface area contributed by atoms with Crippen LogP contribution in [-0.2, 0) is 4.79 Å². The fourth-order valence-corrected chi connectivity index (χ4v) is 16.3. The van der Waals surface area contributed by atoms with Gasteiger partial charge in [-0.2, -0.15) is 0 Å². The zero-order chi connectivity index (χ0) is 21.7. The average Bonchev–Trinajstić information content (AvgIpc) is 2.81. The summed E-state index contributed by atoms with van der Waals surface area (Å²) in [6.07, 6.45) is 0.0559. The van der Waals surface area contributed by atoms with Crippen LogP contribution in [0.1, 0.15) is 16.7 Å². The first-order valence-corrected chi connectivity index (χ1v) is 15.0. The second kappa shape index (κ2) is 9.55. The Labute approximate surface area is 190 Å². The van der Waals surface area contributed by atoms with E-state index in [4.69, 9.17) is 11.6 Å². The fourth-order valence-electron chi connectivity index (χ4n) is 4.60. The number of carboxylic acids is 1. The third-order valence-corrected chi connectivity index (χ3v) is 17.3. The summed E-state index contributed by atoms with van der Waals surface area (Å²) in [4.78, 5) is 12.2. The Balaban J connectivity index is 2.11. The van der Waals surface area contributed by atoms with Crippen LogP contribution in [0.25, 0.3) is 0 Å². The Morgan fingerprint density at radius 1 is 0.677 bits per heavy atom. The second-order valence-corrected chi connectivity index (χ2v) is 16.5. The number of carboxylic acid groups (broad SMARTS) is 1. The molecule has 0 fully saturated rings. The van der Waals surface area contributed by atoms with Gasteiger partial charge in [0.1, 0.15) is 0 Å². The first-order chi connectivity index (χ1) is 15.1. The molecule has 0 bridgehead atoms. The van der Waals surface area contributed by atoms with Gasteiger partial charge in [-0.3, -0.25) is 0 Å². The predicted molar refractivity (Wildman–Crippen MR) is 130 cm³/mol. The maximum atomic E-state index is 12.2. The molecule has 0 saturated heterocycles. The zero-order valence-electron chi connectivity index (χ0n) is 17.0. The van der Waals surface area contributed by atoms with Crippen molar-refractivity contribution >= 4 is 44.0 Å². The van der Waals surface area contributed by atoms with Crippen LogP contribution in [0.5, 0.6) is 0 Å². The molecule has 0 radical (unpaired) electrons. The summed E-state index contributed by atoms with van der Waals surface area (Å²) in [5, 5.41) is 10.7. The van der Waals surface area contributed by atoms with E-state index in [1.54, 1.807) is 0 Å². The van der Waals surface area contributed by atoms with Crippen LogP contribution in [-0.4, -0.2) is 24.3 Å². The van der Waals surface area contributed by atoms with Gasteiger partial charge in [-0.25, -0.2) is 0 Å². The topological polar surface area (TPSA) is 37.3 Å². The molecule has 31 heavy (non-hydrogen) atoms. The van der Waals surface area contributed by atoms with Crippen molar-refractivity contribution in [3.8, 4) is 0 Å². The van der Waals surface area contributed by atoms with E-state index in [9.17, 15) is 9.90 Å². The summed E-state index contributed by atoms with van der Waals surface area (Å²) in [6, 6.07) is 39.1. The molecule has 0 heterocycles. The van der Waals surface area contributed by atoms with Crippen LogP contribution in [0.15, 0.2) is 115 Å². The van der Waals surface area contributed by atoms with E-state index in [0.717, 1.165) is 5.56 Å². The summed E-state index contributed by atoms with van der Waals surface area (Å²) in [5.41, 5.74) is 1.02. The van der Waals surface area contributed by atoms with Crippen molar-refractivity contribution in [2.75, 3.05) is 0 Å². The van der Waals surface area contributed by atoms with Gasteiger partial charge in [-0.15, -0.1) is 0 Å². The van der Waals surface area contributed by atoms with E-state index < -0.39 is 19.2 Å². The van der Waals surface area contributed by atoms with E-state index in [-0.39, 0.29) is 11.2 Å². The van der Waals surface area contributed by atoms with E-state index >= 15 is 0 Å². The summed E-state index contributed by atoms with van der Waals surface area (Å²) < 4.78 is 3.55. The maximum absolute atomic E-state index is 12.2. The molecule has 0 aliphatic rings. The number of halogens is 1. The summed E-state index contributed by atoms with van der Waals surface area (Å²) in [6.45, 7) is 0. The van der Waals surface area contributed by atoms with E-state index in [0.29, 0.717) is 5.02 Å². The van der Waals surface area contributed by atoms with Gasteiger partial charge < -0.3 is 0 Å². The molecule has 4 heteroatoms. The van der Waals surface area contributed by atoms with Gasteiger partial charge >= 0.3 is 191 Å². The van der Waals surface area contributed by atoms with Crippen LogP contribution in [0.2, 0.25) is 5.02 Å². The quantitative estimate of drug-likeness (QED) is 0.387. The molecule has 2 nitrogen and oxygen atoms in total. The molecule has 4 rings (SSSR count). The van der Waals surface area contributed by atoms with Crippen molar-refractivity contribution in [1.29, 1.82) is 0 Å². The van der Waals surface area contributed by atoms with Crippen molar-refractivity contribution < 1.29 is 9.90 Å². The first-order valence-electron chi connectivity index (χ1n) is 10.3. The van der Waals surface area contributed by atoms with Crippen molar-refractivity contribution in [1.82, 2.24) is 0 Å². The minimum atomic E-state index is -3.53. The Bertz CT molecular complexity index is 1030. The number of hydrogen-bond donors (Lipinski definition) is 1. The molecule has 4 aromatic carbocycles. The molecule has 0 amide bonds. The normalized spacial score (nSPS) is 12.3. The molecule has 1 atom stereocenters. The van der Waals surface area contributed by atoms with Gasteiger partial charge in [0, 0.05) is 0 Å². The van der Waals surface area contributed by atoms with Gasteiger partial charge in [0.05, 0.1) is 0 Å². The number of rotatable bonds is 7. The van der Waals surface area contributed by atoms with Crippen LogP contribution >= 0.6 is 11.6 Å². The summed E-state index contributed by atoms with van der Waals surface area (Å²) >= 11 is 2.65. The number of hydrogen-bond acceptors (Lipinski definition) is 1. The van der Waals surface area contributed by atoms with Crippen LogP contribution < -0.4 is 13.2 Å². The van der Waals surface area contributed by atoms with E-state index in [1.807, 2.05) is 42.5 Å². The molecule has 0 aliphatic carbocycles.